The molecular formula is C15H24N2O4. The van der Waals surface area contributed by atoms with Gasteiger partial charge >= 0.3 is 5.97 Å². The van der Waals surface area contributed by atoms with E-state index >= 15 is 0 Å². The van der Waals surface area contributed by atoms with Gasteiger partial charge in [0.2, 0.25) is 5.91 Å². The lowest BCUT2D eigenvalue weighted by Crippen LogP contribution is -2.50. The van der Waals surface area contributed by atoms with Crippen LogP contribution in [0.5, 0.6) is 0 Å². The molecule has 6 nitrogen and oxygen atoms in total. The van der Waals surface area contributed by atoms with E-state index in [9.17, 15) is 14.7 Å². The molecule has 2 aliphatic heterocycles. The second kappa shape index (κ2) is 6.32. The first kappa shape index (κ1) is 14.8. The molecular weight excluding hydrogens is 272 g/mol. The second-order valence-electron chi connectivity index (χ2n) is 6.37. The van der Waals surface area contributed by atoms with Crippen molar-refractivity contribution in [1.29, 1.82) is 0 Å². The number of ether oxygens (including phenoxy) is 1. The van der Waals surface area contributed by atoms with E-state index in [0.717, 1.165) is 19.3 Å². The molecule has 1 amide bonds. The number of aliphatic carboxylic acids is 1. The van der Waals surface area contributed by atoms with Crippen LogP contribution in [-0.4, -0.2) is 71.7 Å². The molecule has 0 aromatic rings. The SMILES string of the molecule is O=C(O)[C@@H]1C[C@@H]2CCCC[C@@H]2N1CC(=O)N1CCOCC1. The minimum atomic E-state index is -0.779. The number of rotatable bonds is 3. The molecule has 3 rings (SSSR count). The van der Waals surface area contributed by atoms with Gasteiger partial charge in [-0.2, -0.15) is 0 Å². The van der Waals surface area contributed by atoms with Gasteiger partial charge in [-0.05, 0) is 25.2 Å². The molecule has 0 aromatic carbocycles. The maximum atomic E-state index is 12.4. The molecule has 3 atom stereocenters. The van der Waals surface area contributed by atoms with Crippen LogP contribution in [-0.2, 0) is 14.3 Å². The fraction of sp³-hybridized carbons (Fsp3) is 0.867. The predicted molar refractivity (Wildman–Crippen MR) is 75.9 cm³/mol. The topological polar surface area (TPSA) is 70.1 Å². The Morgan fingerprint density at radius 2 is 1.86 bits per heavy atom. The maximum absolute atomic E-state index is 12.4. The third-order valence-corrected chi connectivity index (χ3v) is 5.19. The number of carboxylic acid groups (broad SMARTS) is 1. The first-order valence-corrected chi connectivity index (χ1v) is 8.01. The van der Waals surface area contributed by atoms with Gasteiger partial charge in [0.25, 0.3) is 0 Å². The Morgan fingerprint density at radius 1 is 1.14 bits per heavy atom. The molecule has 0 bridgehead atoms. The van der Waals surface area contributed by atoms with Crippen molar-refractivity contribution in [1.82, 2.24) is 9.80 Å². The lowest BCUT2D eigenvalue weighted by atomic mass is 9.85. The van der Waals surface area contributed by atoms with Crippen molar-refractivity contribution in [3.05, 3.63) is 0 Å². The fourth-order valence-electron chi connectivity index (χ4n) is 4.09. The van der Waals surface area contributed by atoms with Crippen molar-refractivity contribution in [2.75, 3.05) is 32.8 Å². The number of fused-ring (bicyclic) bond motifs is 1. The third kappa shape index (κ3) is 3.06. The van der Waals surface area contributed by atoms with E-state index in [4.69, 9.17) is 4.74 Å². The van der Waals surface area contributed by atoms with Crippen molar-refractivity contribution in [3.63, 3.8) is 0 Å². The van der Waals surface area contributed by atoms with Gasteiger partial charge in [-0.1, -0.05) is 12.8 Å². The molecule has 1 aliphatic carbocycles. The molecule has 0 unspecified atom stereocenters. The van der Waals surface area contributed by atoms with Gasteiger partial charge in [0.05, 0.1) is 19.8 Å². The third-order valence-electron chi connectivity index (χ3n) is 5.19. The zero-order chi connectivity index (χ0) is 14.8. The Bertz CT molecular complexity index is 408. The summed E-state index contributed by atoms with van der Waals surface area (Å²) in [4.78, 5) is 27.7. The Hall–Kier alpha value is -1.14. The number of hydrogen-bond acceptors (Lipinski definition) is 4. The predicted octanol–water partition coefficient (Wildman–Crippen LogP) is 0.563. The van der Waals surface area contributed by atoms with Crippen LogP contribution in [0.3, 0.4) is 0 Å². The highest BCUT2D eigenvalue weighted by atomic mass is 16.5. The largest absolute Gasteiger partial charge is 0.480 e. The van der Waals surface area contributed by atoms with Crippen molar-refractivity contribution in [2.45, 2.75) is 44.2 Å². The Labute approximate surface area is 125 Å². The second-order valence-corrected chi connectivity index (χ2v) is 6.37. The summed E-state index contributed by atoms with van der Waals surface area (Å²) in [7, 11) is 0. The highest BCUT2D eigenvalue weighted by molar-refractivity contribution is 5.80. The summed E-state index contributed by atoms with van der Waals surface area (Å²) in [5.74, 6) is -0.271. The van der Waals surface area contributed by atoms with Gasteiger partial charge in [-0.15, -0.1) is 0 Å². The van der Waals surface area contributed by atoms with Crippen molar-refractivity contribution in [2.24, 2.45) is 5.92 Å². The van der Waals surface area contributed by atoms with Crippen LogP contribution < -0.4 is 0 Å². The smallest absolute Gasteiger partial charge is 0.320 e. The highest BCUT2D eigenvalue weighted by Gasteiger charge is 2.46. The molecule has 3 aliphatic rings. The van der Waals surface area contributed by atoms with Gasteiger partial charge in [0, 0.05) is 19.1 Å². The van der Waals surface area contributed by atoms with Crippen LogP contribution in [0.25, 0.3) is 0 Å². The van der Waals surface area contributed by atoms with E-state index in [1.165, 1.54) is 6.42 Å². The van der Waals surface area contributed by atoms with Crippen LogP contribution in [0, 0.1) is 5.92 Å². The highest BCUT2D eigenvalue weighted by Crippen LogP contribution is 2.39. The van der Waals surface area contributed by atoms with Crippen LogP contribution in [0.4, 0.5) is 0 Å². The normalized spacial score (nSPS) is 33.7. The van der Waals surface area contributed by atoms with E-state index < -0.39 is 12.0 Å². The number of carbonyl (C=O) groups excluding carboxylic acids is 1. The number of amides is 1. The number of nitrogens with zero attached hydrogens (tertiary/aromatic N) is 2. The van der Waals surface area contributed by atoms with Gasteiger partial charge < -0.3 is 14.7 Å². The molecule has 3 fully saturated rings. The number of morpholine rings is 1. The average molecular weight is 296 g/mol. The zero-order valence-electron chi connectivity index (χ0n) is 12.4. The molecule has 0 aromatic heterocycles. The number of likely N-dealkylation sites (tertiary alicyclic amines) is 1. The molecule has 21 heavy (non-hydrogen) atoms. The Kier molecular flexibility index (Phi) is 4.45. The van der Waals surface area contributed by atoms with Crippen LogP contribution >= 0.6 is 0 Å². The standard InChI is InChI=1S/C15H24N2O4/c18-14(16-5-7-21-8-6-16)10-17-12-4-2-1-3-11(12)9-13(17)15(19)20/h11-13H,1-10H2,(H,19,20)/t11-,12-,13-/m0/s1. The van der Waals surface area contributed by atoms with E-state index in [0.29, 0.717) is 38.6 Å². The van der Waals surface area contributed by atoms with Crippen LogP contribution in [0.1, 0.15) is 32.1 Å². The lowest BCUT2D eigenvalue weighted by molar-refractivity contribution is -0.145. The van der Waals surface area contributed by atoms with Crippen molar-refractivity contribution in [3.8, 4) is 0 Å². The first-order valence-electron chi connectivity index (χ1n) is 8.01. The first-order chi connectivity index (χ1) is 10.2. The zero-order valence-corrected chi connectivity index (χ0v) is 12.4. The van der Waals surface area contributed by atoms with Crippen molar-refractivity contribution < 1.29 is 19.4 Å². The molecule has 1 N–H and O–H groups in total. The maximum Gasteiger partial charge on any atom is 0.320 e. The van der Waals surface area contributed by atoms with E-state index in [1.54, 1.807) is 4.90 Å². The van der Waals surface area contributed by atoms with Crippen LogP contribution in [0.15, 0.2) is 0 Å². The van der Waals surface area contributed by atoms with Gasteiger partial charge in [0.15, 0.2) is 0 Å². The molecule has 2 heterocycles. The Morgan fingerprint density at radius 3 is 2.57 bits per heavy atom. The summed E-state index contributed by atoms with van der Waals surface area (Å²) in [5, 5.41) is 9.47. The number of hydrogen-bond donors (Lipinski definition) is 1. The minimum Gasteiger partial charge on any atom is -0.480 e. The summed E-state index contributed by atoms with van der Waals surface area (Å²) in [6.45, 7) is 2.66. The van der Waals surface area contributed by atoms with E-state index in [2.05, 4.69) is 0 Å². The monoisotopic (exact) mass is 296 g/mol. The summed E-state index contributed by atoms with van der Waals surface area (Å²) in [6, 6.07) is -0.201. The van der Waals surface area contributed by atoms with Gasteiger partial charge in [-0.25, -0.2) is 0 Å². The summed E-state index contributed by atoms with van der Waals surface area (Å²) in [6.07, 6.45) is 5.19. The van der Waals surface area contributed by atoms with E-state index in [-0.39, 0.29) is 18.5 Å². The van der Waals surface area contributed by atoms with E-state index in [1.807, 2.05) is 4.90 Å². The molecule has 1 saturated carbocycles. The van der Waals surface area contributed by atoms with Gasteiger partial charge in [0.1, 0.15) is 6.04 Å². The summed E-state index contributed by atoms with van der Waals surface area (Å²) >= 11 is 0. The number of carbonyl (C=O) groups is 2. The minimum absolute atomic E-state index is 0.0516. The summed E-state index contributed by atoms with van der Waals surface area (Å²) in [5.41, 5.74) is 0. The molecule has 0 spiro atoms. The van der Waals surface area contributed by atoms with Gasteiger partial charge in [-0.3, -0.25) is 14.5 Å². The average Bonchev–Trinajstić information content (AvgIpc) is 2.87. The Balaban J connectivity index is 1.68. The molecule has 118 valence electrons. The van der Waals surface area contributed by atoms with Crippen LogP contribution in [0.2, 0.25) is 0 Å². The van der Waals surface area contributed by atoms with Crippen molar-refractivity contribution >= 4 is 11.9 Å². The fourth-order valence-corrected chi connectivity index (χ4v) is 4.09. The summed E-state index contributed by atoms with van der Waals surface area (Å²) < 4.78 is 5.26. The molecule has 2 saturated heterocycles. The quantitative estimate of drug-likeness (QED) is 0.824. The molecule has 6 heteroatoms. The molecule has 0 radical (unpaired) electrons. The number of carboxylic acids is 1. The lowest BCUT2D eigenvalue weighted by Gasteiger charge is -2.34.